The molecule has 1 unspecified atom stereocenters. The molecule has 6 aromatic rings. The second-order valence-electron chi connectivity index (χ2n) is 11.7. The van der Waals surface area contributed by atoms with Crippen LogP contribution >= 0.6 is 35.0 Å². The molecule has 0 saturated carbocycles. The number of benzene rings is 6. The van der Waals surface area contributed by atoms with Gasteiger partial charge in [-0.05, 0) is 83.4 Å². The minimum Gasteiger partial charge on any atom is -0.489 e. The lowest BCUT2D eigenvalue weighted by Crippen LogP contribution is -2.30. The van der Waals surface area contributed by atoms with Crippen molar-refractivity contribution in [1.29, 1.82) is 0 Å². The van der Waals surface area contributed by atoms with Gasteiger partial charge in [-0.15, -0.1) is 11.8 Å². The molecule has 0 heterocycles. The van der Waals surface area contributed by atoms with Gasteiger partial charge in [0.15, 0.2) is 0 Å². The van der Waals surface area contributed by atoms with Crippen molar-refractivity contribution in [2.45, 2.75) is 16.8 Å². The van der Waals surface area contributed by atoms with Crippen LogP contribution in [0, 0.1) is 0 Å². The summed E-state index contributed by atoms with van der Waals surface area (Å²) in [5, 5.41) is 8.70. The van der Waals surface area contributed by atoms with E-state index < -0.39 is 17.1 Å². The van der Waals surface area contributed by atoms with E-state index in [0.29, 0.717) is 44.9 Å². The molecule has 0 aliphatic heterocycles. The predicted molar refractivity (Wildman–Crippen MR) is 214 cm³/mol. The molecule has 7 nitrogen and oxygen atoms in total. The van der Waals surface area contributed by atoms with Gasteiger partial charge in [-0.2, -0.15) is 0 Å². The van der Waals surface area contributed by atoms with E-state index in [1.165, 1.54) is 11.8 Å². The van der Waals surface area contributed by atoms with E-state index in [0.717, 1.165) is 16.0 Å². The summed E-state index contributed by atoms with van der Waals surface area (Å²) in [6.45, 7) is 0.419. The molecular weight excluding hydrogens is 725 g/mol. The Bertz CT molecular complexity index is 2220. The number of anilines is 2. The Balaban J connectivity index is 1.20. The van der Waals surface area contributed by atoms with Gasteiger partial charge in [0.25, 0.3) is 11.8 Å². The highest BCUT2D eigenvalue weighted by atomic mass is 35.5. The van der Waals surface area contributed by atoms with Gasteiger partial charge >= 0.3 is 0 Å². The molecule has 53 heavy (non-hydrogen) atoms. The number of halogens is 2. The molecule has 0 radical (unpaired) electrons. The number of nitrogens with one attached hydrogen (secondary N) is 3. The van der Waals surface area contributed by atoms with Crippen LogP contribution in [0.4, 0.5) is 11.4 Å². The maximum absolute atomic E-state index is 13.8. The number of carbonyl (C=O) groups excluding carboxylic acids is 3. The zero-order chi connectivity index (χ0) is 37.0. The molecule has 0 aliphatic rings. The standard InChI is InChI=1S/C43H33Cl2N3O4S/c44-37-24-21-34(27-38(37)45)47-43(51)40(31-13-6-2-7-14-31)53-36-18-10-17-33(26-36)46-42(50)39(48-41(49)32-15-8-3-9-16-32)25-29-19-22-35(23-20-29)52-28-30-11-4-1-5-12-30/h1-27,40H,28H2,(H,46,50)(H,47,51)(H,48,49)/b39-25+. The normalized spacial score (nSPS) is 11.6. The van der Waals surface area contributed by atoms with Crippen molar-refractivity contribution in [3.05, 3.63) is 196 Å². The molecule has 6 aromatic carbocycles. The lowest BCUT2D eigenvalue weighted by Gasteiger charge is -2.18. The first-order valence-electron chi connectivity index (χ1n) is 16.5. The summed E-state index contributed by atoms with van der Waals surface area (Å²) in [4.78, 5) is 41.4. The van der Waals surface area contributed by atoms with Crippen LogP contribution in [0.3, 0.4) is 0 Å². The fraction of sp³-hybridized carbons (Fsp3) is 0.0465. The Hall–Kier alpha value is -5.80. The van der Waals surface area contributed by atoms with Crippen LogP contribution in [0.1, 0.15) is 32.3 Å². The molecule has 1 atom stereocenters. The van der Waals surface area contributed by atoms with Gasteiger partial charge in [-0.3, -0.25) is 14.4 Å². The average molecular weight is 759 g/mol. The van der Waals surface area contributed by atoms with Crippen LogP contribution in [-0.4, -0.2) is 17.7 Å². The smallest absolute Gasteiger partial charge is 0.272 e. The van der Waals surface area contributed by atoms with Crippen molar-refractivity contribution in [2.24, 2.45) is 0 Å². The van der Waals surface area contributed by atoms with E-state index in [1.807, 2.05) is 97.1 Å². The zero-order valence-corrected chi connectivity index (χ0v) is 30.5. The first kappa shape index (κ1) is 37.0. The van der Waals surface area contributed by atoms with Crippen molar-refractivity contribution in [1.82, 2.24) is 5.32 Å². The monoisotopic (exact) mass is 757 g/mol. The minimum absolute atomic E-state index is 0.0398. The van der Waals surface area contributed by atoms with E-state index >= 15 is 0 Å². The maximum atomic E-state index is 13.8. The molecule has 0 bridgehead atoms. The van der Waals surface area contributed by atoms with Crippen LogP contribution in [0.5, 0.6) is 5.75 Å². The SMILES string of the molecule is O=C(Nc1cccc(SC(C(=O)Nc2ccc(Cl)c(Cl)c2)c2ccccc2)c1)/C(=C\c1ccc(OCc2ccccc2)cc1)NC(=O)c1ccccc1. The maximum Gasteiger partial charge on any atom is 0.272 e. The quantitative estimate of drug-likeness (QED) is 0.0805. The van der Waals surface area contributed by atoms with Crippen molar-refractivity contribution in [3.63, 3.8) is 0 Å². The van der Waals surface area contributed by atoms with E-state index in [9.17, 15) is 14.4 Å². The van der Waals surface area contributed by atoms with Crippen molar-refractivity contribution in [3.8, 4) is 5.75 Å². The summed E-state index contributed by atoms with van der Waals surface area (Å²) < 4.78 is 5.91. The van der Waals surface area contributed by atoms with Gasteiger partial charge in [0.1, 0.15) is 23.3 Å². The molecule has 0 aromatic heterocycles. The largest absolute Gasteiger partial charge is 0.489 e. The second-order valence-corrected chi connectivity index (χ2v) is 13.7. The molecule has 0 saturated heterocycles. The van der Waals surface area contributed by atoms with E-state index in [2.05, 4.69) is 16.0 Å². The number of rotatable bonds is 13. The van der Waals surface area contributed by atoms with Crippen LogP contribution in [0.25, 0.3) is 6.08 Å². The Kier molecular flexibility index (Phi) is 12.6. The first-order valence-corrected chi connectivity index (χ1v) is 18.2. The first-order chi connectivity index (χ1) is 25.8. The van der Waals surface area contributed by atoms with E-state index in [4.69, 9.17) is 27.9 Å². The highest BCUT2D eigenvalue weighted by Gasteiger charge is 2.23. The summed E-state index contributed by atoms with van der Waals surface area (Å²) in [5.41, 5.74) is 3.94. The lowest BCUT2D eigenvalue weighted by molar-refractivity contribution is -0.116. The number of hydrogen-bond acceptors (Lipinski definition) is 5. The van der Waals surface area contributed by atoms with Gasteiger partial charge in [0.05, 0.1) is 10.0 Å². The molecule has 6 rings (SSSR count). The van der Waals surface area contributed by atoms with Crippen LogP contribution in [0.15, 0.2) is 168 Å². The summed E-state index contributed by atoms with van der Waals surface area (Å²) >= 11 is 13.6. The van der Waals surface area contributed by atoms with Crippen LogP contribution in [-0.2, 0) is 16.2 Å². The highest BCUT2D eigenvalue weighted by Crippen LogP contribution is 2.37. The molecule has 0 spiro atoms. The third kappa shape index (κ3) is 10.6. The Morgan fingerprint density at radius 1 is 0.660 bits per heavy atom. The summed E-state index contributed by atoms with van der Waals surface area (Å²) in [5.74, 6) is -0.561. The Morgan fingerprint density at radius 3 is 2.02 bits per heavy atom. The Morgan fingerprint density at radius 2 is 1.32 bits per heavy atom. The molecular formula is C43H33Cl2N3O4S. The fourth-order valence-electron chi connectivity index (χ4n) is 5.17. The van der Waals surface area contributed by atoms with Gasteiger partial charge in [-0.1, -0.05) is 120 Å². The Labute approximate surface area is 322 Å². The summed E-state index contributed by atoms with van der Waals surface area (Å²) in [6, 6.07) is 47.2. The molecule has 0 aliphatic carbocycles. The van der Waals surface area contributed by atoms with E-state index in [1.54, 1.807) is 66.7 Å². The zero-order valence-electron chi connectivity index (χ0n) is 28.2. The van der Waals surface area contributed by atoms with Gasteiger partial charge in [0.2, 0.25) is 5.91 Å². The van der Waals surface area contributed by atoms with Gasteiger partial charge in [0, 0.05) is 21.8 Å². The van der Waals surface area contributed by atoms with Crippen LogP contribution in [0.2, 0.25) is 10.0 Å². The van der Waals surface area contributed by atoms with E-state index in [-0.39, 0.29) is 11.6 Å². The topological polar surface area (TPSA) is 96.5 Å². The predicted octanol–water partition coefficient (Wildman–Crippen LogP) is 10.5. The summed E-state index contributed by atoms with van der Waals surface area (Å²) in [6.07, 6.45) is 1.61. The van der Waals surface area contributed by atoms with Crippen molar-refractivity contribution in [2.75, 3.05) is 10.6 Å². The van der Waals surface area contributed by atoms with Crippen molar-refractivity contribution < 1.29 is 19.1 Å². The molecule has 0 fully saturated rings. The minimum atomic E-state index is -0.642. The third-order valence-corrected chi connectivity index (χ3v) is 9.83. The molecule has 3 N–H and O–H groups in total. The fourth-order valence-corrected chi connectivity index (χ4v) is 6.56. The second kappa shape index (κ2) is 18.1. The number of thioether (sulfide) groups is 1. The molecule has 3 amide bonds. The van der Waals surface area contributed by atoms with Crippen molar-refractivity contribution >= 4 is 70.1 Å². The lowest BCUT2D eigenvalue weighted by atomic mass is 10.1. The number of ether oxygens (including phenoxy) is 1. The highest BCUT2D eigenvalue weighted by molar-refractivity contribution is 8.00. The molecule has 10 heteroatoms. The summed E-state index contributed by atoms with van der Waals surface area (Å²) in [7, 11) is 0. The third-order valence-electron chi connectivity index (χ3n) is 7.84. The van der Waals surface area contributed by atoms with Crippen LogP contribution < -0.4 is 20.7 Å². The van der Waals surface area contributed by atoms with Gasteiger partial charge < -0.3 is 20.7 Å². The number of hydrogen-bond donors (Lipinski definition) is 3. The number of amides is 3. The average Bonchev–Trinajstić information content (AvgIpc) is 3.19. The van der Waals surface area contributed by atoms with Gasteiger partial charge in [-0.25, -0.2) is 0 Å². The number of carbonyl (C=O) groups is 3. The molecule has 264 valence electrons.